The topological polar surface area (TPSA) is 107 Å². The minimum atomic E-state index is -0.252. The average molecular weight is 176 g/mol. The Balaban J connectivity index is 2.30. The fourth-order valence-corrected chi connectivity index (χ4v) is 1.66. The van der Waals surface area contributed by atoms with E-state index in [1.165, 1.54) is 0 Å². The van der Waals surface area contributed by atoms with Crippen LogP contribution in [0.25, 0.3) is 0 Å². The van der Waals surface area contributed by atoms with Crippen LogP contribution >= 0.6 is 0 Å². The highest BCUT2D eigenvalue weighted by Crippen LogP contribution is 2.13. The van der Waals surface area contributed by atoms with Crippen LogP contribution in [-0.4, -0.2) is 12.1 Å². The van der Waals surface area contributed by atoms with Gasteiger partial charge in [0.15, 0.2) is 0 Å². The number of hydrogen-bond donors (Lipinski definition) is 4. The molecule has 0 amide bonds. The van der Waals surface area contributed by atoms with Gasteiger partial charge in [-0.1, -0.05) is 0 Å². The molecule has 1 saturated carbocycles. The molecule has 2 atom stereocenters. The van der Waals surface area contributed by atoms with Crippen LogP contribution in [0, 0.1) is 10.4 Å². The second-order valence-electron chi connectivity index (χ2n) is 3.35. The minimum Gasteiger partial charge on any atom is -0.613 e. The van der Waals surface area contributed by atoms with Crippen LogP contribution in [0.15, 0.2) is 0 Å². The van der Waals surface area contributed by atoms with E-state index in [1.807, 2.05) is 0 Å². The second kappa shape index (κ2) is 4.13. The standard InChI is InChI=1S/C6H16N4O2/c7-9(11)5-1-2-6(4-3-5)10(8)12/h5-6,9-10H,1-4,7-8H2. The summed E-state index contributed by atoms with van der Waals surface area (Å²) in [7, 11) is 0. The van der Waals surface area contributed by atoms with E-state index in [0.717, 1.165) is 0 Å². The Morgan fingerprint density at radius 2 is 1.08 bits per heavy atom. The molecule has 0 aromatic rings. The predicted molar refractivity (Wildman–Crippen MR) is 43.1 cm³/mol. The van der Waals surface area contributed by atoms with Gasteiger partial charge in [0.05, 0.1) is 0 Å². The number of hydrogen-bond acceptors (Lipinski definition) is 4. The lowest BCUT2D eigenvalue weighted by atomic mass is 9.92. The Morgan fingerprint density at radius 1 is 0.833 bits per heavy atom. The number of quaternary nitrogens is 2. The van der Waals surface area contributed by atoms with Crippen molar-refractivity contribution in [2.75, 3.05) is 0 Å². The van der Waals surface area contributed by atoms with Gasteiger partial charge in [-0.15, -0.1) is 0 Å². The first kappa shape index (κ1) is 9.85. The Labute approximate surface area is 71.2 Å². The van der Waals surface area contributed by atoms with E-state index >= 15 is 0 Å². The van der Waals surface area contributed by atoms with E-state index in [1.54, 1.807) is 0 Å². The molecule has 72 valence electrons. The smallest absolute Gasteiger partial charge is 0.105 e. The lowest BCUT2D eigenvalue weighted by Crippen LogP contribution is -3.19. The Bertz CT molecular complexity index is 118. The Morgan fingerprint density at radius 3 is 1.25 bits per heavy atom. The zero-order valence-corrected chi connectivity index (χ0v) is 6.95. The molecule has 6 nitrogen and oxygen atoms in total. The van der Waals surface area contributed by atoms with Gasteiger partial charge in [0.2, 0.25) is 0 Å². The first-order valence-corrected chi connectivity index (χ1v) is 4.20. The zero-order valence-electron chi connectivity index (χ0n) is 6.95. The molecule has 1 aliphatic rings. The highest BCUT2D eigenvalue weighted by atomic mass is 16.5. The van der Waals surface area contributed by atoms with Crippen LogP contribution in [0.3, 0.4) is 0 Å². The molecule has 1 rings (SSSR count). The van der Waals surface area contributed by atoms with Gasteiger partial charge < -0.3 is 10.4 Å². The molecule has 0 heterocycles. The molecular weight excluding hydrogens is 160 g/mol. The summed E-state index contributed by atoms with van der Waals surface area (Å²) in [4.78, 5) is 0. The van der Waals surface area contributed by atoms with Crippen LogP contribution < -0.4 is 22.0 Å². The fourth-order valence-electron chi connectivity index (χ4n) is 1.66. The molecule has 1 aliphatic carbocycles. The van der Waals surface area contributed by atoms with Crippen LogP contribution in [0.1, 0.15) is 25.7 Å². The highest BCUT2D eigenvalue weighted by molar-refractivity contribution is 4.70. The lowest BCUT2D eigenvalue weighted by Gasteiger charge is -2.35. The monoisotopic (exact) mass is 176 g/mol. The molecule has 0 aromatic carbocycles. The summed E-state index contributed by atoms with van der Waals surface area (Å²) in [5.74, 6) is 10.3. The summed E-state index contributed by atoms with van der Waals surface area (Å²) in [6, 6.07) is -0.0822. The van der Waals surface area contributed by atoms with Gasteiger partial charge in [-0.05, 0) is 0 Å². The van der Waals surface area contributed by atoms with Crippen LogP contribution in [-0.2, 0) is 0 Å². The molecule has 0 bridgehead atoms. The first-order chi connectivity index (χ1) is 5.61. The van der Waals surface area contributed by atoms with Gasteiger partial charge in [-0.2, -0.15) is 11.7 Å². The molecule has 0 aromatic heterocycles. The van der Waals surface area contributed by atoms with Crippen molar-refractivity contribution >= 4 is 0 Å². The third-order valence-electron chi connectivity index (χ3n) is 2.53. The molecule has 6 N–H and O–H groups in total. The van der Waals surface area contributed by atoms with Crippen molar-refractivity contribution in [1.29, 1.82) is 0 Å². The number of rotatable bonds is 2. The molecule has 0 spiro atoms. The molecule has 6 heteroatoms. The van der Waals surface area contributed by atoms with Gasteiger partial charge in [0.1, 0.15) is 12.1 Å². The third kappa shape index (κ3) is 2.37. The summed E-state index contributed by atoms with van der Waals surface area (Å²) >= 11 is 0. The second-order valence-corrected chi connectivity index (χ2v) is 3.35. The number of nitrogens with one attached hydrogen (secondary N) is 2. The summed E-state index contributed by atoms with van der Waals surface area (Å²) in [5.41, 5.74) is 0. The highest BCUT2D eigenvalue weighted by Gasteiger charge is 2.27. The molecule has 0 radical (unpaired) electrons. The van der Waals surface area contributed by atoms with Gasteiger partial charge in [-0.3, -0.25) is 10.3 Å². The van der Waals surface area contributed by atoms with Crippen LogP contribution in [0.2, 0.25) is 0 Å². The predicted octanol–water partition coefficient (Wildman–Crippen LogP) is -3.19. The van der Waals surface area contributed by atoms with Gasteiger partial charge in [0, 0.05) is 25.7 Å². The van der Waals surface area contributed by atoms with Crippen molar-refractivity contribution in [3.8, 4) is 0 Å². The SMILES string of the molecule is N[NH+]([O-])C1CCC([NH+](N)[O-])CC1. The van der Waals surface area contributed by atoms with Crippen molar-refractivity contribution in [2.24, 2.45) is 11.7 Å². The Kier molecular flexibility index (Phi) is 3.39. The van der Waals surface area contributed by atoms with E-state index in [4.69, 9.17) is 11.7 Å². The normalized spacial score (nSPS) is 36.0. The van der Waals surface area contributed by atoms with Crippen molar-refractivity contribution in [3.63, 3.8) is 0 Å². The van der Waals surface area contributed by atoms with E-state index in [9.17, 15) is 10.4 Å². The van der Waals surface area contributed by atoms with Gasteiger partial charge >= 0.3 is 0 Å². The quantitative estimate of drug-likeness (QED) is 0.263. The fraction of sp³-hybridized carbons (Fsp3) is 1.00. The van der Waals surface area contributed by atoms with E-state index in [-0.39, 0.29) is 22.4 Å². The minimum absolute atomic E-state index is 0.0411. The lowest BCUT2D eigenvalue weighted by molar-refractivity contribution is -0.905. The van der Waals surface area contributed by atoms with Crippen molar-refractivity contribution in [3.05, 3.63) is 10.4 Å². The molecule has 0 aliphatic heterocycles. The molecule has 12 heavy (non-hydrogen) atoms. The number of hydroxylamine groups is 2. The molecule has 1 fully saturated rings. The summed E-state index contributed by atoms with van der Waals surface area (Å²) in [6.07, 6.45) is 2.84. The maximum Gasteiger partial charge on any atom is 0.105 e. The van der Waals surface area contributed by atoms with E-state index in [2.05, 4.69) is 0 Å². The zero-order chi connectivity index (χ0) is 9.14. The maximum atomic E-state index is 10.7. The van der Waals surface area contributed by atoms with E-state index in [0.29, 0.717) is 25.7 Å². The molecule has 2 unspecified atom stereocenters. The van der Waals surface area contributed by atoms with Gasteiger partial charge in [0.25, 0.3) is 0 Å². The van der Waals surface area contributed by atoms with Crippen molar-refractivity contribution < 1.29 is 10.3 Å². The number of nitrogens with two attached hydrogens (primary N) is 2. The third-order valence-corrected chi connectivity index (χ3v) is 2.53. The largest absolute Gasteiger partial charge is 0.613 e. The summed E-state index contributed by atoms with van der Waals surface area (Å²) in [6.45, 7) is 0. The van der Waals surface area contributed by atoms with Crippen molar-refractivity contribution in [1.82, 2.24) is 0 Å². The molecule has 0 saturated heterocycles. The van der Waals surface area contributed by atoms with Crippen LogP contribution in [0.5, 0.6) is 0 Å². The Hall–Kier alpha value is -0.240. The summed E-state index contributed by atoms with van der Waals surface area (Å²) in [5, 5.41) is 21.0. The maximum absolute atomic E-state index is 10.7. The summed E-state index contributed by atoms with van der Waals surface area (Å²) < 4.78 is 0. The van der Waals surface area contributed by atoms with Gasteiger partial charge in [-0.25, -0.2) is 0 Å². The average Bonchev–Trinajstić information content (AvgIpc) is 2.04. The van der Waals surface area contributed by atoms with E-state index < -0.39 is 0 Å². The van der Waals surface area contributed by atoms with Crippen molar-refractivity contribution in [2.45, 2.75) is 37.8 Å². The van der Waals surface area contributed by atoms with Crippen LogP contribution in [0.4, 0.5) is 0 Å². The molecular formula is C6H16N4O2. The first-order valence-electron chi connectivity index (χ1n) is 4.20.